The maximum absolute atomic E-state index is 12.5. The molecule has 2 rings (SSSR count). The highest BCUT2D eigenvalue weighted by atomic mass is 16.2. The minimum Gasteiger partial charge on any atom is -0.352 e. The molecule has 0 radical (unpaired) electrons. The fourth-order valence-corrected chi connectivity index (χ4v) is 6.49. The number of rotatable bonds is 31. The molecule has 4 heteroatoms. The van der Waals surface area contributed by atoms with Crippen LogP contribution in [0.3, 0.4) is 0 Å². The summed E-state index contributed by atoms with van der Waals surface area (Å²) in [6.45, 7) is 5.93. The van der Waals surface area contributed by atoms with Gasteiger partial charge in [0.15, 0.2) is 0 Å². The summed E-state index contributed by atoms with van der Waals surface area (Å²) in [4.78, 5) is 25.1. The van der Waals surface area contributed by atoms with Crippen LogP contribution < -0.4 is 10.6 Å². The van der Waals surface area contributed by atoms with E-state index in [0.717, 1.165) is 49.7 Å². The van der Waals surface area contributed by atoms with Crippen LogP contribution in [0.25, 0.3) is 0 Å². The van der Waals surface area contributed by atoms with E-state index in [1.54, 1.807) is 0 Å². The predicted octanol–water partition coefficient (Wildman–Crippen LogP) is 12.3. The average molecular weight is 661 g/mol. The van der Waals surface area contributed by atoms with Crippen molar-refractivity contribution in [1.29, 1.82) is 0 Å². The molecule has 0 aromatic heterocycles. The van der Waals surface area contributed by atoms with E-state index >= 15 is 0 Å². The Morgan fingerprint density at radius 3 is 0.958 bits per heavy atom. The van der Waals surface area contributed by atoms with Crippen molar-refractivity contribution < 1.29 is 9.59 Å². The molecule has 2 N–H and O–H groups in total. The van der Waals surface area contributed by atoms with E-state index in [-0.39, 0.29) is 11.8 Å². The third kappa shape index (κ3) is 21.4. The summed E-state index contributed by atoms with van der Waals surface area (Å²) < 4.78 is 0. The number of hydrogen-bond acceptors (Lipinski definition) is 2. The number of unbranched alkanes of at least 4 members (excludes halogenated alkanes) is 21. The molecule has 270 valence electrons. The third-order valence-corrected chi connectivity index (χ3v) is 9.74. The first-order valence-corrected chi connectivity index (χ1v) is 20.4. The summed E-state index contributed by atoms with van der Waals surface area (Å²) in [7, 11) is 0. The molecule has 0 aliphatic carbocycles. The smallest absolute Gasteiger partial charge is 0.251 e. The van der Waals surface area contributed by atoms with E-state index in [9.17, 15) is 9.59 Å². The Kier molecular flexibility index (Phi) is 25.4. The summed E-state index contributed by atoms with van der Waals surface area (Å²) in [5.41, 5.74) is 4.15. The van der Waals surface area contributed by atoms with Gasteiger partial charge in [0, 0.05) is 24.2 Å². The molecule has 0 saturated carbocycles. The second kappa shape index (κ2) is 29.3. The Morgan fingerprint density at radius 1 is 0.375 bits per heavy atom. The normalized spacial score (nSPS) is 11.1. The van der Waals surface area contributed by atoms with Crippen molar-refractivity contribution in [2.75, 3.05) is 13.1 Å². The fourth-order valence-electron chi connectivity index (χ4n) is 6.49. The zero-order valence-corrected chi connectivity index (χ0v) is 31.2. The lowest BCUT2D eigenvalue weighted by Gasteiger charge is -2.08. The molecule has 2 amide bonds. The van der Waals surface area contributed by atoms with Crippen LogP contribution >= 0.6 is 0 Å². The van der Waals surface area contributed by atoms with Gasteiger partial charge in [-0.05, 0) is 73.9 Å². The summed E-state index contributed by atoms with van der Waals surface area (Å²) in [6, 6.07) is 16.3. The van der Waals surface area contributed by atoms with Crippen molar-refractivity contribution in [3.8, 4) is 0 Å². The molecule has 0 atom stereocenters. The summed E-state index contributed by atoms with van der Waals surface area (Å²) in [6.07, 6.45) is 33.3. The number of amides is 2. The van der Waals surface area contributed by atoms with Crippen LogP contribution in [0, 0.1) is 0 Å². The topological polar surface area (TPSA) is 58.2 Å². The molecule has 0 aliphatic heterocycles. The van der Waals surface area contributed by atoms with Crippen molar-refractivity contribution in [1.82, 2.24) is 10.6 Å². The molecule has 2 aromatic rings. The Balaban J connectivity index is 1.43. The van der Waals surface area contributed by atoms with Crippen LogP contribution in [0.15, 0.2) is 48.5 Å². The SMILES string of the molecule is CCCCCCCCCCCCc1ccc(C(=O)NCCCCCCNC(=O)c2ccc(CCCCCCCCCCCC)cc2)cc1. The number of benzene rings is 2. The molecule has 2 aromatic carbocycles. The fraction of sp³-hybridized carbons (Fsp3) is 0.682. The van der Waals surface area contributed by atoms with Gasteiger partial charge < -0.3 is 10.6 Å². The van der Waals surface area contributed by atoms with E-state index in [1.165, 1.54) is 140 Å². The van der Waals surface area contributed by atoms with E-state index < -0.39 is 0 Å². The highest BCUT2D eigenvalue weighted by Crippen LogP contribution is 2.15. The summed E-state index contributed by atoms with van der Waals surface area (Å²) in [5, 5.41) is 6.13. The van der Waals surface area contributed by atoms with Gasteiger partial charge in [-0.25, -0.2) is 0 Å². The van der Waals surface area contributed by atoms with E-state index in [4.69, 9.17) is 0 Å². The van der Waals surface area contributed by atoms with Crippen molar-refractivity contribution in [3.05, 3.63) is 70.8 Å². The highest BCUT2D eigenvalue weighted by molar-refractivity contribution is 5.94. The first-order chi connectivity index (χ1) is 23.6. The largest absolute Gasteiger partial charge is 0.352 e. The van der Waals surface area contributed by atoms with Gasteiger partial charge in [0.1, 0.15) is 0 Å². The molecular weight excluding hydrogens is 588 g/mol. The van der Waals surface area contributed by atoms with Crippen molar-refractivity contribution in [2.45, 2.75) is 181 Å². The molecule has 0 aliphatic rings. The number of nitrogens with one attached hydrogen (secondary N) is 2. The summed E-state index contributed by atoms with van der Waals surface area (Å²) >= 11 is 0. The maximum atomic E-state index is 12.5. The van der Waals surface area contributed by atoms with Gasteiger partial charge >= 0.3 is 0 Å². The van der Waals surface area contributed by atoms with Gasteiger partial charge in [0.2, 0.25) is 0 Å². The Hall–Kier alpha value is -2.62. The van der Waals surface area contributed by atoms with Crippen LogP contribution in [0.5, 0.6) is 0 Å². The molecular formula is C44H72N2O2. The van der Waals surface area contributed by atoms with Crippen LogP contribution in [-0.4, -0.2) is 24.9 Å². The maximum Gasteiger partial charge on any atom is 0.251 e. The number of aryl methyl sites for hydroxylation is 2. The van der Waals surface area contributed by atoms with Crippen LogP contribution in [0.1, 0.15) is 200 Å². The molecule has 0 heterocycles. The van der Waals surface area contributed by atoms with Crippen LogP contribution in [0.4, 0.5) is 0 Å². The van der Waals surface area contributed by atoms with E-state index in [0.29, 0.717) is 13.1 Å². The first-order valence-electron chi connectivity index (χ1n) is 20.4. The Labute approximate surface area is 296 Å². The molecule has 0 saturated heterocycles. The molecule has 48 heavy (non-hydrogen) atoms. The van der Waals surface area contributed by atoms with Crippen molar-refractivity contribution in [3.63, 3.8) is 0 Å². The lowest BCUT2D eigenvalue weighted by atomic mass is 10.0. The second-order valence-electron chi connectivity index (χ2n) is 14.2. The molecule has 0 bridgehead atoms. The van der Waals surface area contributed by atoms with Gasteiger partial charge in [-0.3, -0.25) is 9.59 Å². The lowest BCUT2D eigenvalue weighted by molar-refractivity contribution is 0.0943. The van der Waals surface area contributed by atoms with Gasteiger partial charge in [-0.2, -0.15) is 0 Å². The monoisotopic (exact) mass is 661 g/mol. The number of hydrogen-bond donors (Lipinski definition) is 2. The van der Waals surface area contributed by atoms with Crippen molar-refractivity contribution >= 4 is 11.8 Å². The van der Waals surface area contributed by atoms with Crippen LogP contribution in [-0.2, 0) is 12.8 Å². The van der Waals surface area contributed by atoms with Gasteiger partial charge in [-0.15, -0.1) is 0 Å². The molecule has 4 nitrogen and oxygen atoms in total. The Bertz CT molecular complexity index is 961. The second-order valence-corrected chi connectivity index (χ2v) is 14.2. The van der Waals surface area contributed by atoms with Gasteiger partial charge in [0.05, 0.1) is 0 Å². The highest BCUT2D eigenvalue weighted by Gasteiger charge is 2.07. The minimum absolute atomic E-state index is 0.0160. The first kappa shape index (κ1) is 41.6. The van der Waals surface area contributed by atoms with Gasteiger partial charge in [-0.1, -0.05) is 167 Å². The molecule has 0 spiro atoms. The lowest BCUT2D eigenvalue weighted by Crippen LogP contribution is -2.25. The third-order valence-electron chi connectivity index (χ3n) is 9.74. The number of carbonyl (C=O) groups is 2. The summed E-state index contributed by atoms with van der Waals surface area (Å²) in [5.74, 6) is 0.0320. The minimum atomic E-state index is 0.0160. The predicted molar refractivity (Wildman–Crippen MR) is 207 cm³/mol. The van der Waals surface area contributed by atoms with Crippen LogP contribution in [0.2, 0.25) is 0 Å². The van der Waals surface area contributed by atoms with E-state index in [2.05, 4.69) is 48.7 Å². The van der Waals surface area contributed by atoms with Crippen molar-refractivity contribution in [2.24, 2.45) is 0 Å². The average Bonchev–Trinajstić information content (AvgIpc) is 3.11. The zero-order chi connectivity index (χ0) is 34.3. The number of carbonyl (C=O) groups excluding carboxylic acids is 2. The Morgan fingerprint density at radius 2 is 0.646 bits per heavy atom. The molecule has 0 fully saturated rings. The molecule has 0 unspecified atom stereocenters. The zero-order valence-electron chi connectivity index (χ0n) is 31.2. The quantitative estimate of drug-likeness (QED) is 0.0791. The van der Waals surface area contributed by atoms with E-state index in [1.807, 2.05) is 24.3 Å². The van der Waals surface area contributed by atoms with Gasteiger partial charge in [0.25, 0.3) is 11.8 Å². The standard InChI is InChI=1S/C44H72N2O2/c1-3-5-7-9-11-13-15-17-19-23-27-39-29-33-41(34-30-39)43(47)45-37-25-21-22-26-38-46-44(48)42-35-31-40(32-36-42)28-24-20-18-16-14-12-10-8-6-4-2/h29-36H,3-28,37-38H2,1-2H3,(H,45,47)(H,46,48).